The molecule has 5 aliphatic rings. The van der Waals surface area contributed by atoms with Gasteiger partial charge in [-0.2, -0.15) is 0 Å². The molecule has 0 saturated heterocycles. The smallest absolute Gasteiger partial charge is 0.140 e. The maximum atomic E-state index is 13.1. The molecule has 0 aromatic carbocycles. The molecule has 0 aromatic heterocycles. The highest BCUT2D eigenvalue weighted by atomic mass is 16.1. The molecule has 0 aliphatic heterocycles. The number of ketones is 1. The van der Waals surface area contributed by atoms with Gasteiger partial charge in [0, 0.05) is 11.8 Å². The zero-order chi connectivity index (χ0) is 14.6. The Morgan fingerprint density at radius 2 is 1.90 bits per heavy atom. The van der Waals surface area contributed by atoms with E-state index in [-0.39, 0.29) is 5.41 Å². The fraction of sp³-hybridized carbons (Fsp3) is 0.850. The highest BCUT2D eigenvalue weighted by Gasteiger charge is 2.77. The van der Waals surface area contributed by atoms with Gasteiger partial charge in [0.05, 0.1) is 0 Å². The van der Waals surface area contributed by atoms with E-state index >= 15 is 0 Å². The lowest BCUT2D eigenvalue weighted by atomic mass is 9.46. The maximum absolute atomic E-state index is 13.1. The Morgan fingerprint density at radius 3 is 2.67 bits per heavy atom. The van der Waals surface area contributed by atoms with Crippen molar-refractivity contribution in [3.05, 3.63) is 12.2 Å². The summed E-state index contributed by atoms with van der Waals surface area (Å²) in [5.41, 5.74) is 2.34. The van der Waals surface area contributed by atoms with E-state index in [9.17, 15) is 4.79 Å². The van der Waals surface area contributed by atoms with Crippen molar-refractivity contribution < 1.29 is 4.79 Å². The first-order valence-electron chi connectivity index (χ1n) is 9.15. The van der Waals surface area contributed by atoms with Crippen molar-refractivity contribution in [3.8, 4) is 0 Å². The van der Waals surface area contributed by atoms with Crippen LogP contribution in [0.1, 0.15) is 65.2 Å². The van der Waals surface area contributed by atoms with Gasteiger partial charge in [0.2, 0.25) is 0 Å². The molecule has 0 bridgehead atoms. The summed E-state index contributed by atoms with van der Waals surface area (Å²) < 4.78 is 0. The number of carbonyl (C=O) groups is 1. The van der Waals surface area contributed by atoms with Crippen molar-refractivity contribution in [1.82, 2.24) is 0 Å². The van der Waals surface area contributed by atoms with Crippen LogP contribution in [-0.4, -0.2) is 5.78 Å². The van der Waals surface area contributed by atoms with Crippen LogP contribution >= 0.6 is 0 Å². The number of hydrogen-bond donors (Lipinski definition) is 0. The highest BCUT2D eigenvalue weighted by molar-refractivity contribution is 5.91. The van der Waals surface area contributed by atoms with Crippen LogP contribution in [0.25, 0.3) is 0 Å². The monoisotopic (exact) mass is 284 g/mol. The minimum atomic E-state index is 0.150. The van der Waals surface area contributed by atoms with E-state index in [4.69, 9.17) is 0 Å². The second-order valence-electron chi connectivity index (χ2n) is 9.43. The molecule has 0 unspecified atom stereocenters. The first-order valence-corrected chi connectivity index (χ1v) is 9.15. The fourth-order valence-electron chi connectivity index (χ4n) is 7.92. The number of allylic oxidation sites excluding steroid dienone is 1. The standard InChI is InChI=1S/C20H28O/c1-12-4-5-15-14-10-17(21)20-11-13(20)6-9-19(20,3)16(14)7-8-18(12,15)2/h13-16H,1,4-11H2,2-3H3/t13-,14+,15+,16+,18-,19-,20+/m1/s1. The van der Waals surface area contributed by atoms with Crippen molar-refractivity contribution in [3.63, 3.8) is 0 Å². The summed E-state index contributed by atoms with van der Waals surface area (Å²) in [7, 11) is 0. The van der Waals surface area contributed by atoms with Crippen LogP contribution in [0.2, 0.25) is 0 Å². The molecule has 5 rings (SSSR count). The van der Waals surface area contributed by atoms with Crippen LogP contribution in [0.15, 0.2) is 12.2 Å². The van der Waals surface area contributed by atoms with E-state index < -0.39 is 0 Å². The predicted molar refractivity (Wildman–Crippen MR) is 83.7 cm³/mol. The molecule has 0 aromatic rings. The molecule has 5 fully saturated rings. The third-order valence-corrected chi connectivity index (χ3v) is 9.26. The average molecular weight is 284 g/mol. The molecular weight excluding hydrogens is 256 g/mol. The lowest BCUT2D eigenvalue weighted by molar-refractivity contribution is -0.148. The van der Waals surface area contributed by atoms with Gasteiger partial charge in [-0.3, -0.25) is 4.79 Å². The summed E-state index contributed by atoms with van der Waals surface area (Å²) in [6.07, 6.45) is 10.0. The Bertz CT molecular complexity index is 562. The largest absolute Gasteiger partial charge is 0.299 e. The Kier molecular flexibility index (Phi) is 2.15. The van der Waals surface area contributed by atoms with E-state index in [2.05, 4.69) is 20.4 Å². The molecule has 0 heterocycles. The number of fused-ring (bicyclic) bond motifs is 4. The molecule has 1 spiro atoms. The van der Waals surface area contributed by atoms with E-state index in [1.54, 1.807) is 0 Å². The van der Waals surface area contributed by atoms with Crippen LogP contribution in [0.4, 0.5) is 0 Å². The van der Waals surface area contributed by atoms with Gasteiger partial charge in [0.25, 0.3) is 0 Å². The van der Waals surface area contributed by atoms with Crippen molar-refractivity contribution in [2.75, 3.05) is 0 Å². The summed E-state index contributed by atoms with van der Waals surface area (Å²) in [5, 5.41) is 0. The predicted octanol–water partition coefficient (Wildman–Crippen LogP) is 4.76. The zero-order valence-corrected chi connectivity index (χ0v) is 13.6. The first kappa shape index (κ1) is 12.9. The number of carbonyl (C=O) groups excluding carboxylic acids is 1. The quantitative estimate of drug-likeness (QED) is 0.586. The summed E-state index contributed by atoms with van der Waals surface area (Å²) in [6, 6.07) is 0. The van der Waals surface area contributed by atoms with Crippen LogP contribution in [0.5, 0.6) is 0 Å². The van der Waals surface area contributed by atoms with E-state index in [0.29, 0.717) is 22.5 Å². The summed E-state index contributed by atoms with van der Waals surface area (Å²) >= 11 is 0. The number of Topliss-reactive ketones (excluding diaryl/α,β-unsaturated/α-hetero) is 1. The maximum Gasteiger partial charge on any atom is 0.140 e. The first-order chi connectivity index (χ1) is 9.93. The molecule has 5 saturated carbocycles. The minimum Gasteiger partial charge on any atom is -0.299 e. The van der Waals surface area contributed by atoms with Gasteiger partial charge >= 0.3 is 0 Å². The van der Waals surface area contributed by atoms with E-state index in [1.807, 2.05) is 0 Å². The zero-order valence-electron chi connectivity index (χ0n) is 13.6. The molecule has 0 N–H and O–H groups in total. The SMILES string of the molecule is C=C1CC[C@H]2[C@@H]3CC(=O)[C@]45C[C@H]4CC[C@]5(C)[C@H]3CC[C@]12C. The van der Waals surface area contributed by atoms with Crippen LogP contribution in [-0.2, 0) is 4.79 Å². The third-order valence-electron chi connectivity index (χ3n) is 9.26. The van der Waals surface area contributed by atoms with Gasteiger partial charge in [0.1, 0.15) is 5.78 Å². The Labute approximate surface area is 128 Å². The lowest BCUT2D eigenvalue weighted by Crippen LogP contribution is -2.54. The van der Waals surface area contributed by atoms with Crippen LogP contribution in [0.3, 0.4) is 0 Å². The van der Waals surface area contributed by atoms with Gasteiger partial charge in [-0.1, -0.05) is 26.0 Å². The van der Waals surface area contributed by atoms with Crippen LogP contribution < -0.4 is 0 Å². The van der Waals surface area contributed by atoms with Gasteiger partial charge in [0.15, 0.2) is 0 Å². The molecule has 21 heavy (non-hydrogen) atoms. The van der Waals surface area contributed by atoms with Gasteiger partial charge in [-0.25, -0.2) is 0 Å². The molecule has 114 valence electrons. The lowest BCUT2D eigenvalue weighted by Gasteiger charge is -2.57. The topological polar surface area (TPSA) is 17.1 Å². The Hall–Kier alpha value is -0.590. The van der Waals surface area contributed by atoms with Crippen molar-refractivity contribution >= 4 is 5.78 Å². The molecule has 1 nitrogen and oxygen atoms in total. The molecular formula is C20H28O. The number of rotatable bonds is 0. The Balaban J connectivity index is 1.58. The molecule has 0 radical (unpaired) electrons. The van der Waals surface area contributed by atoms with Gasteiger partial charge in [-0.05, 0) is 79.4 Å². The second kappa shape index (κ2) is 3.49. The highest BCUT2D eigenvalue weighted by Crippen LogP contribution is 2.80. The second-order valence-corrected chi connectivity index (χ2v) is 9.43. The third kappa shape index (κ3) is 1.19. The van der Waals surface area contributed by atoms with Gasteiger partial charge in [-0.15, -0.1) is 0 Å². The summed E-state index contributed by atoms with van der Waals surface area (Å²) in [5.74, 6) is 3.68. The molecule has 5 aliphatic carbocycles. The van der Waals surface area contributed by atoms with E-state index in [0.717, 1.165) is 24.2 Å². The van der Waals surface area contributed by atoms with Crippen molar-refractivity contribution in [2.45, 2.75) is 65.2 Å². The fourth-order valence-corrected chi connectivity index (χ4v) is 7.92. The molecule has 1 heteroatoms. The van der Waals surface area contributed by atoms with Crippen molar-refractivity contribution in [1.29, 1.82) is 0 Å². The average Bonchev–Trinajstić information content (AvgIpc) is 3.01. The van der Waals surface area contributed by atoms with Crippen molar-refractivity contribution in [2.24, 2.45) is 39.9 Å². The summed E-state index contributed by atoms with van der Waals surface area (Å²) in [4.78, 5) is 13.1. The van der Waals surface area contributed by atoms with Gasteiger partial charge < -0.3 is 0 Å². The number of hydrogen-bond acceptors (Lipinski definition) is 1. The molecule has 0 amide bonds. The van der Waals surface area contributed by atoms with E-state index in [1.165, 1.54) is 50.5 Å². The summed E-state index contributed by atoms with van der Waals surface area (Å²) in [6.45, 7) is 9.34. The normalized spacial score (nSPS) is 61.0. The minimum absolute atomic E-state index is 0.150. The Morgan fingerprint density at radius 1 is 1.10 bits per heavy atom. The van der Waals surface area contributed by atoms with Crippen LogP contribution in [0, 0.1) is 39.9 Å². The molecule has 7 atom stereocenters.